The van der Waals surface area contributed by atoms with Gasteiger partial charge in [-0.15, -0.1) is 0 Å². The van der Waals surface area contributed by atoms with Crippen LogP contribution in [-0.4, -0.2) is 42.8 Å². The van der Waals surface area contributed by atoms with Gasteiger partial charge in [-0.2, -0.15) is 0 Å². The molecule has 2 aromatic rings. The molecule has 152 valence electrons. The summed E-state index contributed by atoms with van der Waals surface area (Å²) in [5.74, 6) is 0.137. The number of nitrogens with zero attached hydrogens (tertiary/aromatic N) is 1. The lowest BCUT2D eigenvalue weighted by atomic mass is 9.87. The normalized spacial score (nSPS) is 13.8. The molecule has 3 rings (SSSR count). The van der Waals surface area contributed by atoms with Crippen molar-refractivity contribution in [1.82, 2.24) is 10.2 Å². The fourth-order valence-electron chi connectivity index (χ4n) is 3.92. The Labute approximate surface area is 173 Å². The standard InChI is InChI=1S/C25H30N2O2/c1-4-27(5-2)25(29)21-11-9-19(10-12-21)24(20-13-15-26-16-14-20)23-8-6-7-22(17-23)18(3)28/h6-12,17,26H,4-5,13-16H2,1-3H3. The van der Waals surface area contributed by atoms with Gasteiger partial charge in [-0.3, -0.25) is 9.59 Å². The summed E-state index contributed by atoms with van der Waals surface area (Å²) in [6.45, 7) is 8.93. The highest BCUT2D eigenvalue weighted by Gasteiger charge is 2.17. The maximum Gasteiger partial charge on any atom is 0.253 e. The van der Waals surface area contributed by atoms with Gasteiger partial charge in [0, 0.05) is 24.2 Å². The van der Waals surface area contributed by atoms with Crippen molar-refractivity contribution in [2.45, 2.75) is 33.6 Å². The van der Waals surface area contributed by atoms with Crippen molar-refractivity contribution in [3.8, 4) is 0 Å². The number of carbonyl (C=O) groups is 2. The number of rotatable bonds is 6. The molecule has 1 aliphatic rings. The maximum atomic E-state index is 12.6. The zero-order valence-electron chi connectivity index (χ0n) is 17.6. The van der Waals surface area contributed by atoms with Gasteiger partial charge >= 0.3 is 0 Å². The molecular formula is C25H30N2O2. The highest BCUT2D eigenvalue weighted by atomic mass is 16.2. The molecule has 1 N–H and O–H groups in total. The number of hydrogen-bond acceptors (Lipinski definition) is 3. The minimum Gasteiger partial charge on any atom is -0.339 e. The largest absolute Gasteiger partial charge is 0.339 e. The van der Waals surface area contributed by atoms with Crippen LogP contribution in [0.4, 0.5) is 0 Å². The second-order valence-corrected chi connectivity index (χ2v) is 7.42. The van der Waals surface area contributed by atoms with Gasteiger partial charge in [-0.1, -0.05) is 35.9 Å². The Morgan fingerprint density at radius 3 is 2.03 bits per heavy atom. The van der Waals surface area contributed by atoms with Gasteiger partial charge in [0.2, 0.25) is 0 Å². The van der Waals surface area contributed by atoms with Gasteiger partial charge in [-0.05, 0) is 81.6 Å². The molecular weight excluding hydrogens is 360 g/mol. The molecule has 0 saturated carbocycles. The number of ketones is 1. The molecule has 1 saturated heterocycles. The van der Waals surface area contributed by atoms with E-state index in [4.69, 9.17) is 0 Å². The lowest BCUT2D eigenvalue weighted by Gasteiger charge is -2.22. The number of carbonyl (C=O) groups excluding carboxylic acids is 2. The molecule has 0 bridgehead atoms. The van der Waals surface area contributed by atoms with E-state index in [1.54, 1.807) is 6.92 Å². The van der Waals surface area contributed by atoms with Crippen LogP contribution in [0, 0.1) is 0 Å². The average Bonchev–Trinajstić information content (AvgIpc) is 2.76. The molecule has 1 aliphatic heterocycles. The molecule has 0 aromatic heterocycles. The van der Waals surface area contributed by atoms with E-state index in [0.717, 1.165) is 42.6 Å². The summed E-state index contributed by atoms with van der Waals surface area (Å²) >= 11 is 0. The minimum atomic E-state index is 0.0659. The molecule has 1 amide bonds. The highest BCUT2D eigenvalue weighted by Crippen LogP contribution is 2.32. The monoisotopic (exact) mass is 390 g/mol. The molecule has 0 atom stereocenters. The Morgan fingerprint density at radius 1 is 0.862 bits per heavy atom. The summed E-state index contributed by atoms with van der Waals surface area (Å²) < 4.78 is 0. The second-order valence-electron chi connectivity index (χ2n) is 7.42. The van der Waals surface area contributed by atoms with Crippen molar-refractivity contribution in [3.05, 3.63) is 76.4 Å². The number of Topliss-reactive ketones (excluding diaryl/α,β-unsaturated/α-hetero) is 1. The van der Waals surface area contributed by atoms with Crippen molar-refractivity contribution in [2.24, 2.45) is 0 Å². The third kappa shape index (κ3) is 4.83. The molecule has 29 heavy (non-hydrogen) atoms. The van der Waals surface area contributed by atoms with Crippen LogP contribution in [0.15, 0.2) is 54.1 Å². The number of nitrogens with one attached hydrogen (secondary N) is 1. The van der Waals surface area contributed by atoms with E-state index in [1.165, 1.54) is 11.1 Å². The SMILES string of the molecule is CCN(CC)C(=O)c1ccc(C(=C2CCNCC2)c2cccc(C(C)=O)c2)cc1. The first-order chi connectivity index (χ1) is 14.0. The van der Waals surface area contributed by atoms with E-state index in [-0.39, 0.29) is 11.7 Å². The first kappa shape index (κ1) is 21.0. The van der Waals surface area contributed by atoms with Crippen molar-refractivity contribution >= 4 is 17.3 Å². The molecule has 4 heteroatoms. The third-order valence-corrected chi connectivity index (χ3v) is 5.59. The van der Waals surface area contributed by atoms with E-state index in [2.05, 4.69) is 11.4 Å². The van der Waals surface area contributed by atoms with Crippen LogP contribution < -0.4 is 5.32 Å². The van der Waals surface area contributed by atoms with Crippen molar-refractivity contribution in [2.75, 3.05) is 26.2 Å². The third-order valence-electron chi connectivity index (χ3n) is 5.59. The second kappa shape index (κ2) is 9.66. The summed E-state index contributed by atoms with van der Waals surface area (Å²) in [6, 6.07) is 15.8. The number of piperidine rings is 1. The molecule has 2 aromatic carbocycles. The van der Waals surface area contributed by atoms with Crippen LogP contribution in [-0.2, 0) is 0 Å². The summed E-state index contributed by atoms with van der Waals surface area (Å²) in [4.78, 5) is 26.4. The van der Waals surface area contributed by atoms with Gasteiger partial charge in [0.15, 0.2) is 5.78 Å². The molecule has 0 unspecified atom stereocenters. The average molecular weight is 391 g/mol. The van der Waals surface area contributed by atoms with Crippen LogP contribution in [0.3, 0.4) is 0 Å². The number of amides is 1. The Morgan fingerprint density at radius 2 is 1.45 bits per heavy atom. The topological polar surface area (TPSA) is 49.4 Å². The molecule has 1 fully saturated rings. The van der Waals surface area contributed by atoms with Crippen LogP contribution in [0.2, 0.25) is 0 Å². The Hall–Kier alpha value is -2.72. The highest BCUT2D eigenvalue weighted by molar-refractivity contribution is 5.97. The maximum absolute atomic E-state index is 12.6. The minimum absolute atomic E-state index is 0.0659. The van der Waals surface area contributed by atoms with Crippen molar-refractivity contribution in [1.29, 1.82) is 0 Å². The summed E-state index contributed by atoms with van der Waals surface area (Å²) in [5, 5.41) is 3.41. The lowest BCUT2D eigenvalue weighted by molar-refractivity contribution is 0.0772. The predicted octanol–water partition coefficient (Wildman–Crippen LogP) is 4.56. The van der Waals surface area contributed by atoms with E-state index in [0.29, 0.717) is 18.7 Å². The van der Waals surface area contributed by atoms with Crippen LogP contribution in [0.5, 0.6) is 0 Å². The van der Waals surface area contributed by atoms with Gasteiger partial charge in [0.25, 0.3) is 5.91 Å². The van der Waals surface area contributed by atoms with Gasteiger partial charge in [0.1, 0.15) is 0 Å². The predicted molar refractivity (Wildman–Crippen MR) is 118 cm³/mol. The number of hydrogen-bond donors (Lipinski definition) is 1. The summed E-state index contributed by atoms with van der Waals surface area (Å²) in [5.41, 5.74) is 6.19. The number of benzene rings is 2. The van der Waals surface area contributed by atoms with Crippen LogP contribution in [0.25, 0.3) is 5.57 Å². The molecule has 0 spiro atoms. The molecule has 4 nitrogen and oxygen atoms in total. The van der Waals surface area contributed by atoms with E-state index in [9.17, 15) is 9.59 Å². The zero-order chi connectivity index (χ0) is 20.8. The fourth-order valence-corrected chi connectivity index (χ4v) is 3.92. The molecule has 0 aliphatic carbocycles. The van der Waals surface area contributed by atoms with E-state index < -0.39 is 0 Å². The van der Waals surface area contributed by atoms with Crippen molar-refractivity contribution in [3.63, 3.8) is 0 Å². The van der Waals surface area contributed by atoms with E-state index >= 15 is 0 Å². The Bertz CT molecular complexity index is 901. The van der Waals surface area contributed by atoms with Crippen LogP contribution in [0.1, 0.15) is 65.5 Å². The van der Waals surface area contributed by atoms with Crippen LogP contribution >= 0.6 is 0 Å². The summed E-state index contributed by atoms with van der Waals surface area (Å²) in [6.07, 6.45) is 1.97. The molecule has 0 radical (unpaired) electrons. The van der Waals surface area contributed by atoms with Gasteiger partial charge < -0.3 is 10.2 Å². The van der Waals surface area contributed by atoms with Gasteiger partial charge in [0.05, 0.1) is 0 Å². The van der Waals surface area contributed by atoms with Crippen molar-refractivity contribution < 1.29 is 9.59 Å². The first-order valence-corrected chi connectivity index (χ1v) is 10.5. The smallest absolute Gasteiger partial charge is 0.253 e. The first-order valence-electron chi connectivity index (χ1n) is 10.5. The lowest BCUT2D eigenvalue weighted by Crippen LogP contribution is -2.30. The Kier molecular flexibility index (Phi) is 6.99. The quantitative estimate of drug-likeness (QED) is 0.736. The fraction of sp³-hybridized carbons (Fsp3) is 0.360. The Balaban J connectivity index is 2.03. The van der Waals surface area contributed by atoms with E-state index in [1.807, 2.05) is 61.2 Å². The summed E-state index contributed by atoms with van der Waals surface area (Å²) in [7, 11) is 0. The zero-order valence-corrected chi connectivity index (χ0v) is 17.6. The van der Waals surface area contributed by atoms with Gasteiger partial charge in [-0.25, -0.2) is 0 Å². The molecule has 1 heterocycles.